The molecule has 2 aliphatic heterocycles. The lowest BCUT2D eigenvalue weighted by atomic mass is 9.84. The molecule has 4 N–H and O–H groups in total. The number of phenols is 1. The molecule has 200 valence electrons. The second kappa shape index (κ2) is 13.6. The molecule has 1 atom stereocenters. The number of phenolic OH excluding ortho intramolecular Hbond substituents is 1. The van der Waals surface area contributed by atoms with E-state index in [9.17, 15) is 9.90 Å². The number of nitrogens with one attached hydrogen (secondary N) is 1. The molecule has 0 radical (unpaired) electrons. The Bertz CT molecular complexity index is 1010. The number of carbonyl (C=O) groups is 1. The standard InChI is InChI=1S/C21H24BrN3O2.C6H14S.C2H6/c1-12(26)25-6-4-13(5-7-25)20-17-10-18(23)19(27)9-14(17)2-3-15-8-16(22)11-24-21(15)20;1-6(2,3)5-7-4;1-2/h8-11,21,24,27H,2-7,23H2,1H3;5H2,1-4H3;1-2H3. The van der Waals surface area contributed by atoms with E-state index in [2.05, 4.69) is 54.3 Å². The van der Waals surface area contributed by atoms with Crippen molar-refractivity contribution in [3.63, 3.8) is 0 Å². The number of fused-ring (bicyclic) bond motifs is 2. The first-order valence-corrected chi connectivity index (χ1v) is 15.1. The van der Waals surface area contributed by atoms with E-state index in [1.54, 1.807) is 6.92 Å². The van der Waals surface area contributed by atoms with Gasteiger partial charge >= 0.3 is 0 Å². The van der Waals surface area contributed by atoms with Crippen LogP contribution in [0, 0.1) is 5.41 Å². The lowest BCUT2D eigenvalue weighted by molar-refractivity contribution is -0.129. The summed E-state index contributed by atoms with van der Waals surface area (Å²) in [6, 6.07) is 3.84. The minimum Gasteiger partial charge on any atom is -0.506 e. The van der Waals surface area contributed by atoms with Crippen LogP contribution in [-0.4, -0.2) is 47.1 Å². The Hall–Kier alpha value is -1.86. The van der Waals surface area contributed by atoms with Crippen LogP contribution in [0.4, 0.5) is 5.69 Å². The number of halogens is 1. The third kappa shape index (κ3) is 8.07. The number of anilines is 1. The molecule has 1 amide bonds. The molecule has 0 saturated carbocycles. The van der Waals surface area contributed by atoms with E-state index in [4.69, 9.17) is 5.73 Å². The van der Waals surface area contributed by atoms with Gasteiger partial charge in [-0.1, -0.05) is 40.2 Å². The normalized spacial score (nSPS) is 19.1. The first kappa shape index (κ1) is 30.4. The smallest absolute Gasteiger partial charge is 0.219 e. The minimum atomic E-state index is 0.107. The number of amides is 1. The summed E-state index contributed by atoms with van der Waals surface area (Å²) in [5.41, 5.74) is 13.2. The van der Waals surface area contributed by atoms with Crippen LogP contribution in [0.5, 0.6) is 5.75 Å². The third-order valence-corrected chi connectivity index (χ3v) is 7.98. The Morgan fingerprint density at radius 3 is 2.36 bits per heavy atom. The lowest BCUT2D eigenvalue weighted by Gasteiger charge is -2.33. The maximum Gasteiger partial charge on any atom is 0.219 e. The summed E-state index contributed by atoms with van der Waals surface area (Å²) in [5, 5.41) is 13.7. The quantitative estimate of drug-likeness (QED) is 0.250. The number of rotatable bonds is 1. The van der Waals surface area contributed by atoms with E-state index in [0.29, 0.717) is 11.1 Å². The van der Waals surface area contributed by atoms with Gasteiger partial charge < -0.3 is 21.1 Å². The summed E-state index contributed by atoms with van der Waals surface area (Å²) in [4.78, 5) is 13.6. The SMILES string of the molecule is CC.CC(=O)N1CCC(=C2c3cc(N)c(O)cc3CCC3=CC(Br)=CNC32)CC1.CSCC(C)(C)C. The molecule has 0 aromatic heterocycles. The predicted molar refractivity (Wildman–Crippen MR) is 160 cm³/mol. The maximum absolute atomic E-state index is 11.7. The number of nitrogen functional groups attached to an aromatic ring is 1. The molecule has 2 heterocycles. The Balaban J connectivity index is 0.000000440. The summed E-state index contributed by atoms with van der Waals surface area (Å²) in [6.07, 6.45) is 9.86. The van der Waals surface area contributed by atoms with Crippen LogP contribution in [0.25, 0.3) is 5.57 Å². The molecule has 1 fully saturated rings. The number of nitrogens with zero attached hydrogens (tertiary/aromatic N) is 1. The molecule has 1 saturated heterocycles. The van der Waals surface area contributed by atoms with Crippen LogP contribution in [0.2, 0.25) is 0 Å². The van der Waals surface area contributed by atoms with Gasteiger partial charge in [-0.05, 0) is 99.5 Å². The van der Waals surface area contributed by atoms with Gasteiger partial charge in [-0.25, -0.2) is 0 Å². The van der Waals surface area contributed by atoms with Crippen molar-refractivity contribution in [2.75, 3.05) is 30.8 Å². The largest absolute Gasteiger partial charge is 0.506 e. The molecule has 3 aliphatic rings. The summed E-state index contributed by atoms with van der Waals surface area (Å²) < 4.78 is 1.04. The highest BCUT2D eigenvalue weighted by Crippen LogP contribution is 2.42. The fourth-order valence-electron chi connectivity index (χ4n) is 4.79. The number of carbonyl (C=O) groups excluding carboxylic acids is 1. The molecule has 1 unspecified atom stereocenters. The van der Waals surface area contributed by atoms with E-state index in [-0.39, 0.29) is 17.7 Å². The number of hydrogen-bond acceptors (Lipinski definition) is 5. The van der Waals surface area contributed by atoms with Crippen LogP contribution in [0.3, 0.4) is 0 Å². The molecule has 1 aliphatic carbocycles. The molecular weight excluding hydrogens is 534 g/mol. The summed E-state index contributed by atoms with van der Waals surface area (Å²) in [7, 11) is 0. The summed E-state index contributed by atoms with van der Waals surface area (Å²) >= 11 is 5.48. The van der Waals surface area contributed by atoms with Crippen molar-refractivity contribution in [3.8, 4) is 5.75 Å². The predicted octanol–water partition coefficient (Wildman–Crippen LogP) is 6.87. The number of nitrogens with two attached hydrogens (primary N) is 1. The molecule has 0 spiro atoms. The Kier molecular flexibility index (Phi) is 11.5. The Labute approximate surface area is 230 Å². The number of thioether (sulfide) groups is 1. The van der Waals surface area contributed by atoms with Gasteiger partial charge in [0, 0.05) is 30.7 Å². The monoisotopic (exact) mass is 577 g/mol. The van der Waals surface area contributed by atoms with Gasteiger partial charge in [0.2, 0.25) is 5.91 Å². The number of piperidine rings is 1. The maximum atomic E-state index is 11.7. The van der Waals surface area contributed by atoms with Gasteiger partial charge in [-0.2, -0.15) is 11.8 Å². The lowest BCUT2D eigenvalue weighted by Crippen LogP contribution is -2.36. The molecule has 1 aromatic rings. The van der Waals surface area contributed by atoms with E-state index in [1.165, 1.54) is 22.5 Å². The molecule has 1 aromatic carbocycles. The molecule has 0 bridgehead atoms. The third-order valence-electron chi connectivity index (χ3n) is 6.37. The van der Waals surface area contributed by atoms with Crippen LogP contribution < -0.4 is 11.1 Å². The van der Waals surface area contributed by atoms with Crippen molar-refractivity contribution in [1.82, 2.24) is 10.2 Å². The zero-order chi connectivity index (χ0) is 27.0. The summed E-state index contributed by atoms with van der Waals surface area (Å²) in [6.45, 7) is 13.9. The highest BCUT2D eigenvalue weighted by atomic mass is 79.9. The zero-order valence-electron chi connectivity index (χ0n) is 23.0. The van der Waals surface area contributed by atoms with E-state index in [1.807, 2.05) is 48.8 Å². The minimum absolute atomic E-state index is 0.107. The Morgan fingerprint density at radius 1 is 1.19 bits per heavy atom. The van der Waals surface area contributed by atoms with E-state index < -0.39 is 0 Å². The van der Waals surface area contributed by atoms with Crippen molar-refractivity contribution < 1.29 is 9.90 Å². The fraction of sp³-hybridized carbons (Fsp3) is 0.552. The van der Waals surface area contributed by atoms with Crippen molar-refractivity contribution in [3.05, 3.63) is 51.2 Å². The topological polar surface area (TPSA) is 78.6 Å². The fourth-order valence-corrected chi connectivity index (χ4v) is 6.08. The molecule has 5 nitrogen and oxygen atoms in total. The van der Waals surface area contributed by atoms with Gasteiger partial charge in [0.05, 0.1) is 11.7 Å². The van der Waals surface area contributed by atoms with E-state index >= 15 is 0 Å². The molecule has 36 heavy (non-hydrogen) atoms. The summed E-state index contributed by atoms with van der Waals surface area (Å²) in [5.74, 6) is 1.54. The van der Waals surface area contributed by atoms with Crippen molar-refractivity contribution in [1.29, 1.82) is 0 Å². The van der Waals surface area contributed by atoms with Gasteiger partial charge in [-0.3, -0.25) is 4.79 Å². The van der Waals surface area contributed by atoms with Crippen LogP contribution in [-0.2, 0) is 11.2 Å². The number of dihydropyridines is 1. The van der Waals surface area contributed by atoms with E-state index in [0.717, 1.165) is 54.4 Å². The van der Waals surface area contributed by atoms with Crippen LogP contribution in [0.15, 0.2) is 40.0 Å². The number of benzene rings is 1. The van der Waals surface area contributed by atoms with Crippen LogP contribution >= 0.6 is 27.7 Å². The number of likely N-dealkylation sites (tertiary alicyclic amines) is 1. The number of hydrogen-bond donors (Lipinski definition) is 3. The van der Waals surface area contributed by atoms with Crippen molar-refractivity contribution >= 4 is 44.9 Å². The van der Waals surface area contributed by atoms with Crippen molar-refractivity contribution in [2.24, 2.45) is 5.41 Å². The van der Waals surface area contributed by atoms with Crippen molar-refractivity contribution in [2.45, 2.75) is 73.3 Å². The second-order valence-corrected chi connectivity index (χ2v) is 12.2. The van der Waals surface area contributed by atoms with Gasteiger partial charge in [0.25, 0.3) is 0 Å². The molecular formula is C29H44BrN3O2S. The zero-order valence-corrected chi connectivity index (χ0v) is 25.4. The van der Waals surface area contributed by atoms with Gasteiger partial charge in [0.15, 0.2) is 0 Å². The second-order valence-electron chi connectivity index (χ2n) is 10.4. The highest BCUT2D eigenvalue weighted by Gasteiger charge is 2.31. The van der Waals surface area contributed by atoms with Gasteiger partial charge in [-0.15, -0.1) is 0 Å². The average Bonchev–Trinajstić information content (AvgIpc) is 2.97. The molecule has 4 rings (SSSR count). The van der Waals surface area contributed by atoms with Crippen LogP contribution in [0.1, 0.15) is 71.9 Å². The van der Waals surface area contributed by atoms with Gasteiger partial charge in [0.1, 0.15) is 5.75 Å². The molecule has 7 heteroatoms. The number of aryl methyl sites for hydroxylation is 1. The first-order chi connectivity index (χ1) is 17.0. The number of aromatic hydroxyl groups is 1. The average molecular weight is 579 g/mol. The first-order valence-electron chi connectivity index (χ1n) is 12.9. The number of allylic oxidation sites excluding steroid dienone is 2. The Morgan fingerprint density at radius 2 is 1.83 bits per heavy atom. The highest BCUT2D eigenvalue weighted by molar-refractivity contribution is 9.11.